The van der Waals surface area contributed by atoms with Crippen LogP contribution in [-0.2, 0) is 17.8 Å². The highest BCUT2D eigenvalue weighted by atomic mass is 127. The number of benzene rings is 1. The molecule has 8 heteroatoms. The predicted octanol–water partition coefficient (Wildman–Crippen LogP) is 3.44. The third-order valence-electron chi connectivity index (χ3n) is 5.45. The molecule has 1 aliphatic rings. The fourth-order valence-electron chi connectivity index (χ4n) is 3.80. The van der Waals surface area contributed by atoms with E-state index in [1.165, 1.54) is 11.1 Å². The lowest BCUT2D eigenvalue weighted by molar-refractivity contribution is 0.00566. The first kappa shape index (κ1) is 26.6. The van der Waals surface area contributed by atoms with Gasteiger partial charge in [-0.1, -0.05) is 30.3 Å². The van der Waals surface area contributed by atoms with Gasteiger partial charge in [-0.2, -0.15) is 5.10 Å². The number of aryl methyl sites for hydroxylation is 1. The van der Waals surface area contributed by atoms with E-state index in [1.54, 1.807) is 0 Å². The molecule has 0 unspecified atom stereocenters. The summed E-state index contributed by atoms with van der Waals surface area (Å²) in [6.07, 6.45) is 7.50. The summed E-state index contributed by atoms with van der Waals surface area (Å²) in [7, 11) is 0. The average Bonchev–Trinajstić information content (AvgIpc) is 3.20. The molecule has 2 aromatic rings. The summed E-state index contributed by atoms with van der Waals surface area (Å²) in [4.78, 5) is 7.19. The minimum Gasteiger partial charge on any atom is -0.378 e. The van der Waals surface area contributed by atoms with E-state index >= 15 is 0 Å². The van der Waals surface area contributed by atoms with Gasteiger partial charge >= 0.3 is 0 Å². The third kappa shape index (κ3) is 9.87. The van der Waals surface area contributed by atoms with Gasteiger partial charge < -0.3 is 15.4 Å². The van der Waals surface area contributed by atoms with Gasteiger partial charge in [0, 0.05) is 52.1 Å². The van der Waals surface area contributed by atoms with Crippen molar-refractivity contribution in [1.82, 2.24) is 25.3 Å². The molecule has 7 nitrogen and oxygen atoms in total. The summed E-state index contributed by atoms with van der Waals surface area (Å²) in [6.45, 7) is 11.4. The van der Waals surface area contributed by atoms with Crippen molar-refractivity contribution in [2.45, 2.75) is 52.3 Å². The second-order valence-corrected chi connectivity index (χ2v) is 8.15. The van der Waals surface area contributed by atoms with Crippen molar-refractivity contribution < 1.29 is 4.74 Å². The Labute approximate surface area is 210 Å². The molecule has 0 saturated carbocycles. The number of nitrogens with zero attached hydrogens (tertiary/aromatic N) is 4. The van der Waals surface area contributed by atoms with Crippen LogP contribution in [0.1, 0.15) is 37.3 Å². The minimum absolute atomic E-state index is 0. The molecule has 2 heterocycles. The number of nitrogens with one attached hydrogen (secondary N) is 2. The molecular weight excluding hydrogens is 515 g/mol. The molecule has 1 aromatic heterocycles. The van der Waals surface area contributed by atoms with E-state index < -0.39 is 0 Å². The Morgan fingerprint density at radius 1 is 1.19 bits per heavy atom. The zero-order chi connectivity index (χ0) is 21.7. The van der Waals surface area contributed by atoms with E-state index in [1.807, 2.05) is 10.9 Å². The minimum atomic E-state index is 0. The fourth-order valence-corrected chi connectivity index (χ4v) is 3.80. The van der Waals surface area contributed by atoms with Gasteiger partial charge in [-0.25, -0.2) is 0 Å². The lowest BCUT2D eigenvalue weighted by atomic mass is 10.1. The van der Waals surface area contributed by atoms with Crippen LogP contribution in [0.15, 0.2) is 47.7 Å². The number of hydrogen-bond donors (Lipinski definition) is 2. The molecule has 178 valence electrons. The van der Waals surface area contributed by atoms with Crippen molar-refractivity contribution in [2.75, 3.05) is 39.3 Å². The molecule has 1 fully saturated rings. The second-order valence-electron chi connectivity index (χ2n) is 8.15. The zero-order valence-electron chi connectivity index (χ0n) is 19.5. The zero-order valence-corrected chi connectivity index (χ0v) is 21.8. The van der Waals surface area contributed by atoms with Crippen LogP contribution < -0.4 is 10.6 Å². The third-order valence-corrected chi connectivity index (χ3v) is 5.45. The maximum Gasteiger partial charge on any atom is 0.191 e. The van der Waals surface area contributed by atoms with Gasteiger partial charge in [-0.3, -0.25) is 14.6 Å². The number of aromatic nitrogens is 2. The highest BCUT2D eigenvalue weighted by Crippen LogP contribution is 2.16. The smallest absolute Gasteiger partial charge is 0.191 e. The first-order valence-electron chi connectivity index (χ1n) is 11.6. The van der Waals surface area contributed by atoms with E-state index in [4.69, 9.17) is 4.74 Å². The lowest BCUT2D eigenvalue weighted by Gasteiger charge is -2.31. The Morgan fingerprint density at radius 3 is 2.66 bits per heavy atom. The quantitative estimate of drug-likeness (QED) is 0.193. The Hall–Kier alpha value is -1.65. The molecule has 0 aliphatic carbocycles. The van der Waals surface area contributed by atoms with E-state index in [0.717, 1.165) is 77.6 Å². The largest absolute Gasteiger partial charge is 0.378 e. The van der Waals surface area contributed by atoms with E-state index in [9.17, 15) is 0 Å². The Morgan fingerprint density at radius 2 is 1.97 bits per heavy atom. The average molecular weight is 555 g/mol. The van der Waals surface area contributed by atoms with Gasteiger partial charge in [0.2, 0.25) is 0 Å². The molecule has 1 aromatic carbocycles. The molecular formula is C24H39IN6O. The number of halogens is 1. The first-order chi connectivity index (χ1) is 15.2. The fraction of sp³-hybridized carbons (Fsp3) is 0.583. The topological polar surface area (TPSA) is 66.7 Å². The maximum atomic E-state index is 6.12. The first-order valence-corrected chi connectivity index (χ1v) is 11.6. The Balaban J connectivity index is 0.00000363. The van der Waals surface area contributed by atoms with Crippen LogP contribution in [0.4, 0.5) is 0 Å². The summed E-state index contributed by atoms with van der Waals surface area (Å²) in [5.41, 5.74) is 2.58. The van der Waals surface area contributed by atoms with Crippen molar-refractivity contribution >= 4 is 29.9 Å². The van der Waals surface area contributed by atoms with Crippen molar-refractivity contribution in [2.24, 2.45) is 4.99 Å². The lowest BCUT2D eigenvalue weighted by Crippen LogP contribution is -2.39. The van der Waals surface area contributed by atoms with Crippen molar-refractivity contribution in [3.63, 3.8) is 0 Å². The number of aliphatic imine (C=N–C) groups is 1. The Bertz CT molecular complexity index is 774. The number of likely N-dealkylation sites (tertiary alicyclic amines) is 1. The highest BCUT2D eigenvalue weighted by molar-refractivity contribution is 14.0. The Kier molecular flexibility index (Phi) is 12.7. The van der Waals surface area contributed by atoms with Crippen LogP contribution in [0.25, 0.3) is 0 Å². The summed E-state index contributed by atoms with van der Waals surface area (Å²) < 4.78 is 8.07. The molecule has 0 spiro atoms. The molecule has 1 saturated heterocycles. The number of rotatable bonds is 11. The normalized spacial score (nSPS) is 15.4. The van der Waals surface area contributed by atoms with E-state index in [0.29, 0.717) is 6.10 Å². The van der Waals surface area contributed by atoms with Crippen molar-refractivity contribution in [3.05, 3.63) is 53.9 Å². The van der Waals surface area contributed by atoms with Gasteiger partial charge in [0.25, 0.3) is 0 Å². The van der Waals surface area contributed by atoms with Crippen LogP contribution in [-0.4, -0.2) is 66.1 Å². The van der Waals surface area contributed by atoms with E-state index in [-0.39, 0.29) is 24.0 Å². The second kappa shape index (κ2) is 15.2. The summed E-state index contributed by atoms with van der Waals surface area (Å²) in [6, 6.07) is 10.7. The number of guanidine groups is 1. The molecule has 0 bridgehead atoms. The van der Waals surface area contributed by atoms with Crippen molar-refractivity contribution in [3.8, 4) is 0 Å². The molecule has 3 rings (SSSR count). The molecule has 0 atom stereocenters. The van der Waals surface area contributed by atoms with Crippen LogP contribution in [0.2, 0.25) is 0 Å². The summed E-state index contributed by atoms with van der Waals surface area (Å²) in [5, 5.41) is 11.0. The van der Waals surface area contributed by atoms with Gasteiger partial charge in [0.1, 0.15) is 0 Å². The van der Waals surface area contributed by atoms with Gasteiger partial charge in [-0.15, -0.1) is 24.0 Å². The molecule has 32 heavy (non-hydrogen) atoms. The van der Waals surface area contributed by atoms with Crippen LogP contribution in [0, 0.1) is 6.92 Å². The molecule has 0 amide bonds. The highest BCUT2D eigenvalue weighted by Gasteiger charge is 2.19. The number of hydrogen-bond acceptors (Lipinski definition) is 4. The number of ether oxygens (including phenoxy) is 1. The molecule has 0 radical (unpaired) electrons. The van der Waals surface area contributed by atoms with Crippen LogP contribution >= 0.6 is 24.0 Å². The van der Waals surface area contributed by atoms with Crippen molar-refractivity contribution in [1.29, 1.82) is 0 Å². The number of piperidine rings is 1. The summed E-state index contributed by atoms with van der Waals surface area (Å²) >= 11 is 0. The summed E-state index contributed by atoms with van der Waals surface area (Å²) in [5.74, 6) is 0.862. The van der Waals surface area contributed by atoms with Gasteiger partial charge in [0.15, 0.2) is 5.96 Å². The van der Waals surface area contributed by atoms with Gasteiger partial charge in [-0.05, 0) is 44.2 Å². The monoisotopic (exact) mass is 554 g/mol. The van der Waals surface area contributed by atoms with Crippen LogP contribution in [0.5, 0.6) is 0 Å². The van der Waals surface area contributed by atoms with Gasteiger partial charge in [0.05, 0.1) is 18.8 Å². The van der Waals surface area contributed by atoms with Crippen LogP contribution in [0.3, 0.4) is 0 Å². The SMILES string of the molecule is CCNC(=NCCCOC1CCN(Cc2ccccc2)CC1)NCCn1cc(C)cn1.I. The van der Waals surface area contributed by atoms with E-state index in [2.05, 4.69) is 76.0 Å². The molecule has 1 aliphatic heterocycles. The molecule has 2 N–H and O–H groups in total. The maximum absolute atomic E-state index is 6.12. The standard InChI is InChI=1S/C24H38N6O.HI/c1-3-25-24(27-13-16-30-19-21(2)18-28-30)26-12-7-17-31-23-10-14-29(15-11-23)20-22-8-5-4-6-9-22;/h4-6,8-9,18-19,23H,3,7,10-17,20H2,1-2H3,(H2,25,26,27);1H. The predicted molar refractivity (Wildman–Crippen MR) is 142 cm³/mol.